The molecular weight excluding hydrogens is 623 g/mol. The third-order valence-electron chi connectivity index (χ3n) is 10.3. The van der Waals surface area contributed by atoms with Crippen LogP contribution in [0.4, 0.5) is 0 Å². The molecule has 0 aromatic heterocycles. The maximum Gasteiger partial charge on any atom is -1.00 e. The van der Waals surface area contributed by atoms with E-state index in [1.54, 1.807) is 22.3 Å². The van der Waals surface area contributed by atoms with E-state index in [1.165, 1.54) is 66.1 Å². The largest absolute Gasteiger partial charge is 1.00 e. The summed E-state index contributed by atoms with van der Waals surface area (Å²) in [6.07, 6.45) is 2.11. The monoisotopic (exact) mass is 654 g/mol. The quantitative estimate of drug-likeness (QED) is 0.239. The Labute approximate surface area is 287 Å². The van der Waals surface area contributed by atoms with E-state index in [0.29, 0.717) is 8.45 Å². The van der Waals surface area contributed by atoms with E-state index in [9.17, 15) is 0 Å². The fraction of sp³-hybridized carbons (Fsp3) is 0.143. The smallest absolute Gasteiger partial charge is 1.00 e. The van der Waals surface area contributed by atoms with Crippen molar-refractivity contribution in [2.45, 2.75) is 35.1 Å². The van der Waals surface area contributed by atoms with Crippen LogP contribution in [0.15, 0.2) is 132 Å². The van der Waals surface area contributed by atoms with E-state index in [2.05, 4.69) is 135 Å². The van der Waals surface area contributed by atoms with Crippen LogP contribution >= 0.6 is 0 Å². The molecule has 8 bridgehead atoms. The average Bonchev–Trinajstić information content (AvgIpc) is 3.49. The molecule has 3 heteroatoms. The second kappa shape index (κ2) is 11.8. The van der Waals surface area contributed by atoms with Crippen molar-refractivity contribution in [2.24, 2.45) is 0 Å². The summed E-state index contributed by atoms with van der Waals surface area (Å²) in [6.45, 7) is 4.91. The van der Waals surface area contributed by atoms with Crippen molar-refractivity contribution in [2.75, 3.05) is 0 Å². The number of benzene rings is 6. The Morgan fingerprint density at radius 1 is 0.467 bits per heavy atom. The minimum Gasteiger partial charge on any atom is -1.00 e. The number of fused-ring (bicyclic) bond motifs is 2. The molecule has 1 heterocycles. The molecule has 2 unspecified atom stereocenters. The zero-order valence-corrected chi connectivity index (χ0v) is 28.4. The average molecular weight is 655 g/mol. The topological polar surface area (TPSA) is 0 Å². The molecule has 2 aliphatic carbocycles. The molecule has 0 spiro atoms. The third kappa shape index (κ3) is 4.53. The molecule has 0 N–H and O–H groups in total. The first-order valence-electron chi connectivity index (χ1n) is 15.6. The Hall–Kier alpha value is -3.39. The van der Waals surface area contributed by atoms with E-state index < -0.39 is 19.2 Å². The van der Waals surface area contributed by atoms with Crippen LogP contribution in [0.1, 0.15) is 66.8 Å². The molecule has 3 aliphatic rings. The summed E-state index contributed by atoms with van der Waals surface area (Å²) >= 11 is -0.470. The molecule has 0 saturated carbocycles. The number of allylic oxidation sites excluding steroid dienone is 2. The normalized spacial score (nSPS) is 17.7. The molecule has 0 saturated heterocycles. The van der Waals surface area contributed by atoms with Gasteiger partial charge in [-0.25, -0.2) is 0 Å². The summed E-state index contributed by atoms with van der Waals surface area (Å²) in [5.74, 6) is 0. The molecule has 9 rings (SSSR count). The van der Waals surface area contributed by atoms with Crippen molar-refractivity contribution in [3.05, 3.63) is 177 Å². The minimum atomic E-state index is -0.470. The Kier molecular flexibility index (Phi) is 7.91. The minimum absolute atomic E-state index is 0. The summed E-state index contributed by atoms with van der Waals surface area (Å²) < 4.78 is 1.04. The Morgan fingerprint density at radius 2 is 0.867 bits per heavy atom. The fourth-order valence-corrected chi connectivity index (χ4v) is 11.4. The van der Waals surface area contributed by atoms with Gasteiger partial charge in [0.15, 0.2) is 0 Å². The molecule has 0 fully saturated rings. The summed E-state index contributed by atoms with van der Waals surface area (Å²) in [6, 6.07) is 46.1. The van der Waals surface area contributed by atoms with Crippen LogP contribution in [-0.2, 0) is 32.0 Å². The van der Waals surface area contributed by atoms with Gasteiger partial charge in [0.05, 0.1) is 0 Å². The summed E-state index contributed by atoms with van der Waals surface area (Å²) in [5, 5.41) is 5.40. The maximum atomic E-state index is 2.46. The summed E-state index contributed by atoms with van der Waals surface area (Å²) in [4.78, 5) is 0. The first-order chi connectivity index (χ1) is 21.2. The zero-order chi connectivity index (χ0) is 28.7. The van der Waals surface area contributed by atoms with E-state index in [4.69, 9.17) is 0 Å². The molecule has 0 radical (unpaired) electrons. The number of rotatable bonds is 2. The second-order valence-electron chi connectivity index (χ2n) is 12.5. The van der Waals surface area contributed by atoms with Crippen LogP contribution < -0.4 is 24.8 Å². The van der Waals surface area contributed by atoms with Gasteiger partial charge in [-0.3, -0.25) is 0 Å². The molecular formula is C42H32Cl2Ti. The van der Waals surface area contributed by atoms with Crippen molar-refractivity contribution >= 4 is 32.7 Å². The number of hydrogen-bond donors (Lipinski definition) is 0. The number of aryl methyl sites for hydroxylation is 2. The summed E-state index contributed by atoms with van der Waals surface area (Å²) in [5.41, 5.74) is 18.3. The van der Waals surface area contributed by atoms with Gasteiger partial charge in [-0.1, -0.05) is 0 Å². The first-order valence-corrected chi connectivity index (χ1v) is 17.4. The predicted octanol–water partition coefficient (Wildman–Crippen LogP) is 4.64. The third-order valence-corrected chi connectivity index (χ3v) is 13.6. The van der Waals surface area contributed by atoms with Gasteiger partial charge in [-0.15, -0.1) is 0 Å². The molecule has 0 amide bonds. The SMILES string of the molecule is CC1=C(c2cccc3ccccc23)c2c3cccc2[CH]1[Ti+2][CH]1C(C)=C(c2cccc4ccccc24)c2c(cccc21)CC3.[Cl-].[Cl-]. The van der Waals surface area contributed by atoms with Crippen LogP contribution in [0.2, 0.25) is 0 Å². The maximum absolute atomic E-state index is 2.46. The predicted molar refractivity (Wildman–Crippen MR) is 177 cm³/mol. The molecule has 6 aromatic rings. The van der Waals surface area contributed by atoms with Crippen molar-refractivity contribution in [3.63, 3.8) is 0 Å². The van der Waals surface area contributed by atoms with Crippen LogP contribution in [0.25, 0.3) is 32.7 Å². The number of halogens is 2. The van der Waals surface area contributed by atoms with Crippen molar-refractivity contribution in [3.8, 4) is 0 Å². The van der Waals surface area contributed by atoms with Gasteiger partial charge < -0.3 is 24.8 Å². The van der Waals surface area contributed by atoms with Crippen LogP contribution in [0.5, 0.6) is 0 Å². The standard InChI is InChI=1S/C42H32.2ClH.Ti/c1-27-25-33-17-7-15-31(41(33)39(27)37-21-9-13-29-11-3-5-19-35(29)37)23-24-32-16-8-18-34-26-28(2)40(42(32)34)38-22-10-14-30-12-4-6-20-36(30)38;;;/h3-22,25-26H,23-24H2,1-2H3;2*1H;/q;;;+2/p-2. The van der Waals surface area contributed by atoms with Gasteiger partial charge in [0.2, 0.25) is 0 Å². The zero-order valence-electron chi connectivity index (χ0n) is 25.4. The van der Waals surface area contributed by atoms with E-state index in [-0.39, 0.29) is 24.8 Å². The van der Waals surface area contributed by atoms with Gasteiger partial charge in [-0.2, -0.15) is 0 Å². The van der Waals surface area contributed by atoms with Crippen molar-refractivity contribution in [1.29, 1.82) is 0 Å². The van der Waals surface area contributed by atoms with Gasteiger partial charge in [-0.05, 0) is 0 Å². The van der Waals surface area contributed by atoms with Gasteiger partial charge in [0, 0.05) is 0 Å². The van der Waals surface area contributed by atoms with E-state index in [0.717, 1.165) is 12.8 Å². The van der Waals surface area contributed by atoms with E-state index in [1.807, 2.05) is 0 Å². The Balaban J connectivity index is 0.00000163. The molecule has 45 heavy (non-hydrogen) atoms. The second-order valence-corrected chi connectivity index (χ2v) is 14.8. The van der Waals surface area contributed by atoms with Crippen molar-refractivity contribution in [1.82, 2.24) is 0 Å². The molecule has 6 aromatic carbocycles. The Morgan fingerprint density at radius 3 is 1.33 bits per heavy atom. The van der Waals surface area contributed by atoms with Gasteiger partial charge >= 0.3 is 264 Å². The fourth-order valence-electron chi connectivity index (χ4n) is 8.34. The molecule has 1 aliphatic heterocycles. The molecule has 0 nitrogen and oxygen atoms in total. The number of hydrogen-bond acceptors (Lipinski definition) is 0. The van der Waals surface area contributed by atoms with Crippen LogP contribution in [0, 0.1) is 0 Å². The van der Waals surface area contributed by atoms with Gasteiger partial charge in [0.1, 0.15) is 0 Å². The first kappa shape index (κ1) is 30.3. The Bertz CT molecular complexity index is 2040. The van der Waals surface area contributed by atoms with Crippen LogP contribution in [0.3, 0.4) is 0 Å². The molecule has 218 valence electrons. The van der Waals surface area contributed by atoms with Crippen molar-refractivity contribution < 1.29 is 44.0 Å². The van der Waals surface area contributed by atoms with Gasteiger partial charge in [0.25, 0.3) is 0 Å². The summed E-state index contributed by atoms with van der Waals surface area (Å²) in [7, 11) is 0. The molecule has 2 atom stereocenters. The van der Waals surface area contributed by atoms with E-state index >= 15 is 0 Å². The van der Waals surface area contributed by atoms with Crippen LogP contribution in [-0.4, -0.2) is 0 Å².